The van der Waals surface area contributed by atoms with Crippen molar-refractivity contribution in [3.8, 4) is 0 Å². The van der Waals surface area contributed by atoms with Crippen LogP contribution in [0.2, 0.25) is 5.02 Å². The van der Waals surface area contributed by atoms with Crippen LogP contribution in [0.1, 0.15) is 32.3 Å². The number of aromatic amines is 1. The first-order chi connectivity index (χ1) is 12.4. The molecule has 2 aromatic heterocycles. The standard InChI is InChI=1S/C18H24ClN5O2/c1-10-3-4-20-15(5-10)18(26)24-11(2)17(25)23-8-12-6-13-14(19)9-22-16(13)21-7-12/h6-7,9-11,15,20H,3-5,8H2,1-2H3,(H,21,22)(H,23,25)(H,24,26)/t10-,11-,15+/m0/s1. The van der Waals surface area contributed by atoms with E-state index in [-0.39, 0.29) is 17.9 Å². The van der Waals surface area contributed by atoms with Gasteiger partial charge in [-0.2, -0.15) is 0 Å². The molecule has 0 bridgehead atoms. The number of aromatic nitrogens is 2. The highest BCUT2D eigenvalue weighted by molar-refractivity contribution is 6.35. The highest BCUT2D eigenvalue weighted by Crippen LogP contribution is 2.22. The van der Waals surface area contributed by atoms with Crippen LogP contribution in [0.15, 0.2) is 18.5 Å². The van der Waals surface area contributed by atoms with Crippen molar-refractivity contribution in [2.24, 2.45) is 5.92 Å². The summed E-state index contributed by atoms with van der Waals surface area (Å²) in [5.41, 5.74) is 1.55. The van der Waals surface area contributed by atoms with E-state index in [0.717, 1.165) is 30.3 Å². The number of fused-ring (bicyclic) bond motifs is 1. The van der Waals surface area contributed by atoms with Gasteiger partial charge in [-0.05, 0) is 43.9 Å². The molecule has 0 unspecified atom stereocenters. The van der Waals surface area contributed by atoms with Crippen molar-refractivity contribution in [1.29, 1.82) is 0 Å². The maximum absolute atomic E-state index is 12.3. The summed E-state index contributed by atoms with van der Waals surface area (Å²) in [6, 6.07) is 1.06. The molecule has 1 aliphatic rings. The molecule has 3 heterocycles. The van der Waals surface area contributed by atoms with Crippen molar-refractivity contribution in [2.75, 3.05) is 6.54 Å². The van der Waals surface area contributed by atoms with Gasteiger partial charge in [0.25, 0.3) is 0 Å². The van der Waals surface area contributed by atoms with E-state index in [9.17, 15) is 9.59 Å². The highest BCUT2D eigenvalue weighted by atomic mass is 35.5. The van der Waals surface area contributed by atoms with Crippen LogP contribution in [0.4, 0.5) is 0 Å². The van der Waals surface area contributed by atoms with Gasteiger partial charge in [-0.25, -0.2) is 4.98 Å². The lowest BCUT2D eigenvalue weighted by molar-refractivity contribution is -0.130. The number of hydrogen-bond acceptors (Lipinski definition) is 4. The van der Waals surface area contributed by atoms with Gasteiger partial charge in [-0.15, -0.1) is 0 Å². The molecule has 4 N–H and O–H groups in total. The predicted molar refractivity (Wildman–Crippen MR) is 101 cm³/mol. The Balaban J connectivity index is 1.51. The number of H-pyrrole nitrogens is 1. The van der Waals surface area contributed by atoms with E-state index < -0.39 is 6.04 Å². The molecule has 0 aromatic carbocycles. The number of carbonyl (C=O) groups excluding carboxylic acids is 2. The average Bonchev–Trinajstić information content (AvgIpc) is 3.00. The lowest BCUT2D eigenvalue weighted by Crippen LogP contribution is -2.53. The molecule has 1 saturated heterocycles. The molecule has 7 nitrogen and oxygen atoms in total. The lowest BCUT2D eigenvalue weighted by atomic mass is 9.94. The molecule has 0 spiro atoms. The van der Waals surface area contributed by atoms with Gasteiger partial charge in [0.1, 0.15) is 11.7 Å². The summed E-state index contributed by atoms with van der Waals surface area (Å²) < 4.78 is 0. The number of pyridine rings is 1. The van der Waals surface area contributed by atoms with Gasteiger partial charge in [-0.3, -0.25) is 9.59 Å². The van der Waals surface area contributed by atoms with E-state index >= 15 is 0 Å². The first-order valence-electron chi connectivity index (χ1n) is 8.87. The van der Waals surface area contributed by atoms with Crippen molar-refractivity contribution < 1.29 is 9.59 Å². The monoisotopic (exact) mass is 377 g/mol. The smallest absolute Gasteiger partial charge is 0.242 e. The number of amides is 2. The summed E-state index contributed by atoms with van der Waals surface area (Å²) in [4.78, 5) is 31.8. The largest absolute Gasteiger partial charge is 0.350 e. The second-order valence-electron chi connectivity index (χ2n) is 6.96. The zero-order chi connectivity index (χ0) is 18.7. The van der Waals surface area contributed by atoms with Gasteiger partial charge in [0.15, 0.2) is 0 Å². The Morgan fingerprint density at radius 3 is 3.04 bits per heavy atom. The van der Waals surface area contributed by atoms with Crippen molar-refractivity contribution in [3.63, 3.8) is 0 Å². The van der Waals surface area contributed by atoms with Crippen LogP contribution in [0.25, 0.3) is 11.0 Å². The molecule has 0 aliphatic carbocycles. The Labute approximate surface area is 157 Å². The lowest BCUT2D eigenvalue weighted by Gasteiger charge is -2.28. The minimum Gasteiger partial charge on any atom is -0.350 e. The van der Waals surface area contributed by atoms with Crippen molar-refractivity contribution >= 4 is 34.4 Å². The minimum atomic E-state index is -0.603. The molecule has 3 rings (SSSR count). The number of carbonyl (C=O) groups is 2. The summed E-state index contributed by atoms with van der Waals surface area (Å²) in [6.45, 7) is 4.97. The van der Waals surface area contributed by atoms with Crippen LogP contribution >= 0.6 is 11.6 Å². The quantitative estimate of drug-likeness (QED) is 0.637. The zero-order valence-corrected chi connectivity index (χ0v) is 15.7. The molecular formula is C18H24ClN5O2. The Bertz CT molecular complexity index is 806. The number of rotatable bonds is 5. The van der Waals surface area contributed by atoms with Crippen LogP contribution in [-0.4, -0.2) is 40.4 Å². The fraction of sp³-hybridized carbons (Fsp3) is 0.500. The van der Waals surface area contributed by atoms with Gasteiger partial charge in [0, 0.05) is 24.3 Å². The van der Waals surface area contributed by atoms with Crippen molar-refractivity contribution in [1.82, 2.24) is 25.9 Å². The van der Waals surface area contributed by atoms with Gasteiger partial charge in [0.05, 0.1) is 11.1 Å². The number of halogens is 1. The molecule has 0 radical (unpaired) electrons. The van der Waals surface area contributed by atoms with Crippen LogP contribution in [-0.2, 0) is 16.1 Å². The van der Waals surface area contributed by atoms with Crippen LogP contribution < -0.4 is 16.0 Å². The van der Waals surface area contributed by atoms with Crippen molar-refractivity contribution in [2.45, 2.75) is 45.3 Å². The van der Waals surface area contributed by atoms with Crippen molar-refractivity contribution in [3.05, 3.63) is 29.0 Å². The minimum absolute atomic E-state index is 0.124. The second-order valence-corrected chi connectivity index (χ2v) is 7.37. The number of nitrogens with zero attached hydrogens (tertiary/aromatic N) is 1. The van der Waals surface area contributed by atoms with Crippen LogP contribution in [0.5, 0.6) is 0 Å². The van der Waals surface area contributed by atoms with E-state index in [1.54, 1.807) is 19.3 Å². The summed E-state index contributed by atoms with van der Waals surface area (Å²) >= 11 is 6.09. The maximum Gasteiger partial charge on any atom is 0.242 e. The van der Waals surface area contributed by atoms with Gasteiger partial charge in [0.2, 0.25) is 11.8 Å². The second kappa shape index (κ2) is 8.05. The summed E-state index contributed by atoms with van der Waals surface area (Å²) in [5.74, 6) is 0.155. The summed E-state index contributed by atoms with van der Waals surface area (Å²) in [6.07, 6.45) is 5.23. The Kier molecular flexibility index (Phi) is 5.78. The van der Waals surface area contributed by atoms with E-state index in [2.05, 4.69) is 32.8 Å². The van der Waals surface area contributed by atoms with E-state index in [1.165, 1.54) is 0 Å². The summed E-state index contributed by atoms with van der Waals surface area (Å²) in [5, 5.41) is 10.2. The normalized spacial score (nSPS) is 21.3. The molecular weight excluding hydrogens is 354 g/mol. The number of piperidine rings is 1. The fourth-order valence-corrected chi connectivity index (χ4v) is 3.34. The molecule has 2 aromatic rings. The first-order valence-corrected chi connectivity index (χ1v) is 9.25. The van der Waals surface area contributed by atoms with Gasteiger partial charge >= 0.3 is 0 Å². The zero-order valence-electron chi connectivity index (χ0n) is 14.9. The Hall–Kier alpha value is -2.12. The maximum atomic E-state index is 12.3. The van der Waals surface area contributed by atoms with E-state index in [0.29, 0.717) is 23.1 Å². The molecule has 0 saturated carbocycles. The molecule has 1 aliphatic heterocycles. The first kappa shape index (κ1) is 18.7. The molecule has 1 fully saturated rings. The third kappa shape index (κ3) is 4.34. The van der Waals surface area contributed by atoms with E-state index in [4.69, 9.17) is 11.6 Å². The molecule has 26 heavy (non-hydrogen) atoms. The molecule has 3 atom stereocenters. The third-order valence-electron chi connectivity index (χ3n) is 4.74. The third-order valence-corrected chi connectivity index (χ3v) is 5.05. The molecule has 140 valence electrons. The Morgan fingerprint density at radius 2 is 2.27 bits per heavy atom. The van der Waals surface area contributed by atoms with Gasteiger partial charge < -0.3 is 20.9 Å². The van der Waals surface area contributed by atoms with E-state index in [1.807, 2.05) is 6.07 Å². The number of nitrogens with one attached hydrogen (secondary N) is 4. The molecule has 8 heteroatoms. The van der Waals surface area contributed by atoms with Crippen LogP contribution in [0, 0.1) is 5.92 Å². The SMILES string of the molecule is C[C@H]1CCN[C@@H](C(=O)N[C@@H](C)C(=O)NCc2cnc3[nH]cc(Cl)c3c2)C1. The topological polar surface area (TPSA) is 98.9 Å². The summed E-state index contributed by atoms with van der Waals surface area (Å²) in [7, 11) is 0. The fourth-order valence-electron chi connectivity index (χ4n) is 3.14. The number of hydrogen-bond donors (Lipinski definition) is 4. The van der Waals surface area contributed by atoms with Gasteiger partial charge in [-0.1, -0.05) is 18.5 Å². The predicted octanol–water partition coefficient (Wildman–Crippen LogP) is 1.73. The average molecular weight is 378 g/mol. The van der Waals surface area contributed by atoms with Crippen LogP contribution in [0.3, 0.4) is 0 Å². The Morgan fingerprint density at radius 1 is 1.46 bits per heavy atom. The molecule has 2 amide bonds. The highest BCUT2D eigenvalue weighted by Gasteiger charge is 2.26.